The van der Waals surface area contributed by atoms with Crippen molar-refractivity contribution in [2.24, 2.45) is 5.73 Å². The Hall–Kier alpha value is -1.36. The van der Waals surface area contributed by atoms with Crippen molar-refractivity contribution in [1.29, 1.82) is 0 Å². The summed E-state index contributed by atoms with van der Waals surface area (Å²) in [4.78, 5) is 12.1. The van der Waals surface area contributed by atoms with Gasteiger partial charge in [0.1, 0.15) is 0 Å². The van der Waals surface area contributed by atoms with Gasteiger partial charge >= 0.3 is 0 Å². The van der Waals surface area contributed by atoms with Gasteiger partial charge in [0.15, 0.2) is 0 Å². The minimum absolute atomic E-state index is 0.250. The topological polar surface area (TPSA) is 55.1 Å². The number of halogens is 2. The molecule has 98 valence electrons. The number of amides is 1. The molecule has 0 unspecified atom stereocenters. The van der Waals surface area contributed by atoms with E-state index in [2.05, 4.69) is 21.2 Å². The zero-order valence-corrected chi connectivity index (χ0v) is 12.3. The summed E-state index contributed by atoms with van der Waals surface area (Å²) >= 11 is 9.33. The lowest BCUT2D eigenvalue weighted by Crippen LogP contribution is -2.12. The smallest absolute Gasteiger partial charge is 0.257 e. The molecular weight excluding hydrogens is 328 g/mol. The molecule has 5 heteroatoms. The lowest BCUT2D eigenvalue weighted by molar-refractivity contribution is 0.102. The molecule has 2 aromatic carbocycles. The van der Waals surface area contributed by atoms with Gasteiger partial charge in [0.25, 0.3) is 5.91 Å². The lowest BCUT2D eigenvalue weighted by atomic mass is 10.1. The molecule has 0 spiro atoms. The molecule has 0 bridgehead atoms. The second-order valence-electron chi connectivity index (χ2n) is 3.98. The van der Waals surface area contributed by atoms with Crippen LogP contribution >= 0.6 is 27.5 Å². The summed E-state index contributed by atoms with van der Waals surface area (Å²) in [5, 5.41) is 3.21. The first-order chi connectivity index (χ1) is 9.10. The molecule has 0 aliphatic heterocycles. The largest absolute Gasteiger partial charge is 0.326 e. The fourth-order valence-electron chi connectivity index (χ4n) is 1.65. The van der Waals surface area contributed by atoms with Gasteiger partial charge in [-0.1, -0.05) is 39.7 Å². The van der Waals surface area contributed by atoms with E-state index in [-0.39, 0.29) is 5.91 Å². The van der Waals surface area contributed by atoms with Crippen LogP contribution < -0.4 is 11.1 Å². The minimum atomic E-state index is -0.250. The monoisotopic (exact) mass is 338 g/mol. The Balaban J connectivity index is 2.23. The maximum atomic E-state index is 12.1. The van der Waals surface area contributed by atoms with Gasteiger partial charge in [-0.2, -0.15) is 0 Å². The molecule has 1 amide bonds. The van der Waals surface area contributed by atoms with Gasteiger partial charge in [0, 0.05) is 16.7 Å². The Morgan fingerprint density at radius 3 is 2.79 bits per heavy atom. The molecule has 0 atom stereocenters. The molecular formula is C14H12BrClN2O. The molecule has 2 rings (SSSR count). The van der Waals surface area contributed by atoms with E-state index < -0.39 is 0 Å². The quantitative estimate of drug-likeness (QED) is 0.893. The third kappa shape index (κ3) is 3.56. The second-order valence-corrected chi connectivity index (χ2v) is 5.31. The zero-order valence-electron chi connectivity index (χ0n) is 9.99. The molecule has 0 radical (unpaired) electrons. The number of carbonyl (C=O) groups is 1. The van der Waals surface area contributed by atoms with Crippen molar-refractivity contribution in [3.05, 3.63) is 63.1 Å². The molecule has 3 nitrogen and oxygen atoms in total. The second kappa shape index (κ2) is 6.19. The van der Waals surface area contributed by atoms with Crippen LogP contribution in [-0.4, -0.2) is 5.91 Å². The Morgan fingerprint density at radius 1 is 1.26 bits per heavy atom. The highest BCUT2D eigenvalue weighted by Gasteiger charge is 2.11. The average molecular weight is 340 g/mol. The number of benzene rings is 2. The molecule has 0 aliphatic rings. The number of carbonyl (C=O) groups excluding carboxylic acids is 1. The van der Waals surface area contributed by atoms with Crippen LogP contribution in [0, 0.1) is 0 Å². The first-order valence-corrected chi connectivity index (χ1v) is 6.82. The molecule has 0 aliphatic carbocycles. The average Bonchev–Trinajstić information content (AvgIpc) is 2.41. The molecule has 0 heterocycles. The van der Waals surface area contributed by atoms with Crippen molar-refractivity contribution in [2.75, 3.05) is 5.32 Å². The van der Waals surface area contributed by atoms with Crippen LogP contribution in [0.1, 0.15) is 15.9 Å². The Kier molecular flexibility index (Phi) is 4.58. The van der Waals surface area contributed by atoms with E-state index in [0.29, 0.717) is 22.8 Å². The summed E-state index contributed by atoms with van der Waals surface area (Å²) in [6, 6.07) is 12.5. The summed E-state index contributed by atoms with van der Waals surface area (Å²) in [5.74, 6) is -0.250. The zero-order chi connectivity index (χ0) is 13.8. The van der Waals surface area contributed by atoms with E-state index >= 15 is 0 Å². The number of nitrogens with one attached hydrogen (secondary N) is 1. The number of anilines is 1. The van der Waals surface area contributed by atoms with Crippen LogP contribution in [0.15, 0.2) is 46.9 Å². The van der Waals surface area contributed by atoms with Crippen molar-refractivity contribution >= 4 is 39.1 Å². The molecule has 2 aromatic rings. The Labute approximate surface area is 124 Å². The minimum Gasteiger partial charge on any atom is -0.326 e. The summed E-state index contributed by atoms with van der Waals surface area (Å²) in [6.45, 7) is 0.432. The number of hydrogen-bond donors (Lipinski definition) is 2. The highest BCUT2D eigenvalue weighted by atomic mass is 79.9. The van der Waals surface area contributed by atoms with Crippen molar-refractivity contribution in [3.63, 3.8) is 0 Å². The third-order valence-electron chi connectivity index (χ3n) is 2.59. The van der Waals surface area contributed by atoms with Gasteiger partial charge in [-0.3, -0.25) is 4.79 Å². The normalized spacial score (nSPS) is 10.3. The van der Waals surface area contributed by atoms with Gasteiger partial charge in [-0.25, -0.2) is 0 Å². The van der Waals surface area contributed by atoms with E-state index in [4.69, 9.17) is 17.3 Å². The Bertz CT molecular complexity index is 616. The van der Waals surface area contributed by atoms with E-state index in [1.807, 2.05) is 24.3 Å². The van der Waals surface area contributed by atoms with E-state index in [1.54, 1.807) is 18.2 Å². The van der Waals surface area contributed by atoms with E-state index in [1.165, 1.54) is 0 Å². The van der Waals surface area contributed by atoms with Crippen LogP contribution in [0.4, 0.5) is 5.69 Å². The Morgan fingerprint density at radius 2 is 2.05 bits per heavy atom. The number of nitrogens with two attached hydrogens (primary N) is 1. The van der Waals surface area contributed by atoms with Gasteiger partial charge in [-0.05, 0) is 35.9 Å². The summed E-state index contributed by atoms with van der Waals surface area (Å²) in [5.41, 5.74) is 7.64. The molecule has 0 saturated heterocycles. The fraction of sp³-hybridized carbons (Fsp3) is 0.0714. The first-order valence-electron chi connectivity index (χ1n) is 5.65. The van der Waals surface area contributed by atoms with Crippen LogP contribution in [0.5, 0.6) is 0 Å². The molecule has 19 heavy (non-hydrogen) atoms. The van der Waals surface area contributed by atoms with Gasteiger partial charge in [-0.15, -0.1) is 0 Å². The summed E-state index contributed by atoms with van der Waals surface area (Å²) in [6.07, 6.45) is 0. The summed E-state index contributed by atoms with van der Waals surface area (Å²) in [7, 11) is 0. The maximum Gasteiger partial charge on any atom is 0.257 e. The molecule has 3 N–H and O–H groups in total. The highest BCUT2D eigenvalue weighted by molar-refractivity contribution is 9.10. The highest BCUT2D eigenvalue weighted by Crippen LogP contribution is 2.22. The maximum absolute atomic E-state index is 12.1. The van der Waals surface area contributed by atoms with Crippen molar-refractivity contribution < 1.29 is 4.79 Å². The predicted octanol–water partition coefficient (Wildman–Crippen LogP) is 3.81. The van der Waals surface area contributed by atoms with Crippen LogP contribution in [0.2, 0.25) is 5.02 Å². The van der Waals surface area contributed by atoms with Crippen LogP contribution in [-0.2, 0) is 6.54 Å². The fourth-order valence-corrected chi connectivity index (χ4v) is 2.21. The van der Waals surface area contributed by atoms with Crippen molar-refractivity contribution in [1.82, 2.24) is 0 Å². The SMILES string of the molecule is NCc1cccc(NC(=O)c2cc(Br)ccc2Cl)c1. The standard InChI is InChI=1S/C14H12BrClN2O/c15-10-4-5-13(16)12(7-10)14(19)18-11-3-1-2-9(6-11)8-17/h1-7H,8,17H2,(H,18,19). The van der Waals surface area contributed by atoms with E-state index in [9.17, 15) is 4.79 Å². The van der Waals surface area contributed by atoms with E-state index in [0.717, 1.165) is 10.0 Å². The first kappa shape index (κ1) is 14.1. The van der Waals surface area contributed by atoms with Gasteiger partial charge in [0.2, 0.25) is 0 Å². The molecule has 0 fully saturated rings. The van der Waals surface area contributed by atoms with Crippen LogP contribution in [0.3, 0.4) is 0 Å². The third-order valence-corrected chi connectivity index (χ3v) is 3.42. The summed E-state index contributed by atoms with van der Waals surface area (Å²) < 4.78 is 0.803. The molecule has 0 aromatic heterocycles. The van der Waals surface area contributed by atoms with Crippen LogP contribution in [0.25, 0.3) is 0 Å². The number of hydrogen-bond acceptors (Lipinski definition) is 2. The predicted molar refractivity (Wildman–Crippen MR) is 81.4 cm³/mol. The number of rotatable bonds is 3. The van der Waals surface area contributed by atoms with Crippen molar-refractivity contribution in [2.45, 2.75) is 6.54 Å². The van der Waals surface area contributed by atoms with Gasteiger partial charge < -0.3 is 11.1 Å². The lowest BCUT2D eigenvalue weighted by Gasteiger charge is -2.08. The van der Waals surface area contributed by atoms with Crippen molar-refractivity contribution in [3.8, 4) is 0 Å². The molecule has 0 saturated carbocycles. The van der Waals surface area contributed by atoms with Gasteiger partial charge in [0.05, 0.1) is 10.6 Å².